The summed E-state index contributed by atoms with van der Waals surface area (Å²) in [5, 5.41) is 0. The Balaban J connectivity index is 5.13. The van der Waals surface area contributed by atoms with Gasteiger partial charge in [0.15, 0.2) is 0 Å². The molecule has 0 N–H and O–H groups in total. The lowest BCUT2D eigenvalue weighted by Gasteiger charge is -2.34. The molecule has 0 unspecified atom stereocenters. The molecule has 0 aromatic heterocycles. The fourth-order valence-electron chi connectivity index (χ4n) is 2.63. The van der Waals surface area contributed by atoms with Crippen molar-refractivity contribution in [2.75, 3.05) is 13.2 Å². The summed E-state index contributed by atoms with van der Waals surface area (Å²) in [6.07, 6.45) is 1.56. The molecule has 0 aliphatic carbocycles. The van der Waals surface area contributed by atoms with E-state index in [1.165, 1.54) is 0 Å². The molecule has 0 spiro atoms. The Bertz CT molecular complexity index is 247. The summed E-state index contributed by atoms with van der Waals surface area (Å²) >= 11 is 0. The molecule has 0 atom stereocenters. The third kappa shape index (κ3) is 6.95. The Morgan fingerprint density at radius 1 is 1.00 bits per heavy atom. The average molecular weight is 272 g/mol. The van der Waals surface area contributed by atoms with Crippen LogP contribution in [0.15, 0.2) is 0 Å². The minimum absolute atomic E-state index is 0.0761. The largest absolute Gasteiger partial charge is 0.462 e. The fourth-order valence-corrected chi connectivity index (χ4v) is 2.63. The number of rotatable bonds is 9. The van der Waals surface area contributed by atoms with Crippen molar-refractivity contribution in [1.29, 1.82) is 0 Å². The molecule has 3 heteroatoms. The van der Waals surface area contributed by atoms with E-state index in [9.17, 15) is 4.79 Å². The maximum absolute atomic E-state index is 12.6. The predicted molar refractivity (Wildman–Crippen MR) is 79.1 cm³/mol. The van der Waals surface area contributed by atoms with Gasteiger partial charge < -0.3 is 9.47 Å². The molecular formula is C16H32O3. The van der Waals surface area contributed by atoms with Gasteiger partial charge in [-0.05, 0) is 45.4 Å². The standard InChI is InChI=1S/C16H32O3/c1-8-18-11-16(9-12(2)3,10-13(4)5)15(17)19-14(6)7/h12-14H,8-11H2,1-7H3. The Morgan fingerprint density at radius 3 is 1.79 bits per heavy atom. The first kappa shape index (κ1) is 18.4. The lowest BCUT2D eigenvalue weighted by atomic mass is 9.74. The third-order valence-corrected chi connectivity index (χ3v) is 2.96. The van der Waals surface area contributed by atoms with Crippen LogP contribution in [0.5, 0.6) is 0 Å². The summed E-state index contributed by atoms with van der Waals surface area (Å²) in [6, 6.07) is 0. The van der Waals surface area contributed by atoms with Crippen molar-refractivity contribution in [3.8, 4) is 0 Å². The first-order valence-electron chi connectivity index (χ1n) is 7.52. The molecular weight excluding hydrogens is 240 g/mol. The number of ether oxygens (including phenoxy) is 2. The molecule has 0 aromatic rings. The third-order valence-electron chi connectivity index (χ3n) is 2.96. The molecule has 0 amide bonds. The molecule has 0 saturated carbocycles. The SMILES string of the molecule is CCOCC(CC(C)C)(CC(C)C)C(=O)OC(C)C. The van der Waals surface area contributed by atoms with E-state index >= 15 is 0 Å². The quantitative estimate of drug-likeness (QED) is 0.594. The van der Waals surface area contributed by atoms with Crippen molar-refractivity contribution >= 4 is 5.97 Å². The topological polar surface area (TPSA) is 35.5 Å². The second-order valence-electron chi connectivity index (χ2n) is 6.57. The van der Waals surface area contributed by atoms with Gasteiger partial charge in [0.25, 0.3) is 0 Å². The van der Waals surface area contributed by atoms with Crippen LogP contribution >= 0.6 is 0 Å². The second kappa shape index (κ2) is 8.57. The van der Waals surface area contributed by atoms with E-state index in [-0.39, 0.29) is 12.1 Å². The Hall–Kier alpha value is -0.570. The van der Waals surface area contributed by atoms with Gasteiger partial charge in [0, 0.05) is 6.61 Å². The Labute approximate surface area is 119 Å². The van der Waals surface area contributed by atoms with Crippen LogP contribution in [0.25, 0.3) is 0 Å². The van der Waals surface area contributed by atoms with Crippen LogP contribution in [0, 0.1) is 17.3 Å². The van der Waals surface area contributed by atoms with E-state index < -0.39 is 5.41 Å². The minimum Gasteiger partial charge on any atom is -0.462 e. The highest BCUT2D eigenvalue weighted by atomic mass is 16.5. The smallest absolute Gasteiger partial charge is 0.314 e. The van der Waals surface area contributed by atoms with Gasteiger partial charge in [0.05, 0.1) is 18.1 Å². The number of hydrogen-bond acceptors (Lipinski definition) is 3. The molecule has 0 radical (unpaired) electrons. The van der Waals surface area contributed by atoms with E-state index in [0.717, 1.165) is 12.8 Å². The lowest BCUT2D eigenvalue weighted by Crippen LogP contribution is -2.41. The Morgan fingerprint density at radius 2 is 1.47 bits per heavy atom. The summed E-state index contributed by atoms with van der Waals surface area (Å²) < 4.78 is 11.1. The zero-order valence-corrected chi connectivity index (χ0v) is 13.8. The number of hydrogen-bond donors (Lipinski definition) is 0. The van der Waals surface area contributed by atoms with Gasteiger partial charge >= 0.3 is 5.97 Å². The van der Waals surface area contributed by atoms with Gasteiger partial charge in [-0.2, -0.15) is 0 Å². The van der Waals surface area contributed by atoms with Gasteiger partial charge in [-0.25, -0.2) is 0 Å². The molecule has 19 heavy (non-hydrogen) atoms. The molecule has 0 aromatic carbocycles. The minimum atomic E-state index is -0.497. The van der Waals surface area contributed by atoms with Crippen LogP contribution in [-0.4, -0.2) is 25.3 Å². The molecule has 0 rings (SSSR count). The van der Waals surface area contributed by atoms with Gasteiger partial charge in [0.1, 0.15) is 0 Å². The summed E-state index contributed by atoms with van der Waals surface area (Å²) in [6.45, 7) is 15.4. The highest BCUT2D eigenvalue weighted by Gasteiger charge is 2.41. The maximum atomic E-state index is 12.6. The maximum Gasteiger partial charge on any atom is 0.314 e. The lowest BCUT2D eigenvalue weighted by molar-refractivity contribution is -0.167. The van der Waals surface area contributed by atoms with E-state index in [1.54, 1.807) is 0 Å². The zero-order valence-electron chi connectivity index (χ0n) is 13.8. The van der Waals surface area contributed by atoms with Gasteiger partial charge in [-0.15, -0.1) is 0 Å². The van der Waals surface area contributed by atoms with E-state index in [0.29, 0.717) is 25.0 Å². The fraction of sp³-hybridized carbons (Fsp3) is 0.938. The van der Waals surface area contributed by atoms with Gasteiger partial charge in [0.2, 0.25) is 0 Å². The summed E-state index contributed by atoms with van der Waals surface area (Å²) in [5.74, 6) is 0.788. The van der Waals surface area contributed by atoms with Crippen molar-refractivity contribution in [3.05, 3.63) is 0 Å². The van der Waals surface area contributed by atoms with Crippen LogP contribution < -0.4 is 0 Å². The summed E-state index contributed by atoms with van der Waals surface area (Å²) in [4.78, 5) is 12.6. The van der Waals surface area contributed by atoms with Crippen LogP contribution in [-0.2, 0) is 14.3 Å². The normalized spacial score (nSPS) is 12.5. The predicted octanol–water partition coefficient (Wildman–Crippen LogP) is 4.05. The second-order valence-corrected chi connectivity index (χ2v) is 6.57. The summed E-state index contributed by atoms with van der Waals surface area (Å²) in [5.41, 5.74) is -0.497. The van der Waals surface area contributed by atoms with Crippen LogP contribution in [0.3, 0.4) is 0 Å². The molecule has 0 saturated heterocycles. The first-order valence-corrected chi connectivity index (χ1v) is 7.52. The van der Waals surface area contributed by atoms with E-state index in [2.05, 4.69) is 27.7 Å². The Kier molecular flexibility index (Phi) is 8.31. The first-order chi connectivity index (χ1) is 8.73. The molecule has 0 heterocycles. The molecule has 114 valence electrons. The van der Waals surface area contributed by atoms with Crippen molar-refractivity contribution in [2.24, 2.45) is 17.3 Å². The summed E-state index contributed by atoms with van der Waals surface area (Å²) in [7, 11) is 0. The number of carbonyl (C=O) groups excluding carboxylic acids is 1. The van der Waals surface area contributed by atoms with Crippen LogP contribution in [0.2, 0.25) is 0 Å². The number of esters is 1. The molecule has 0 aliphatic heterocycles. The molecule has 0 bridgehead atoms. The number of carbonyl (C=O) groups is 1. The van der Waals surface area contributed by atoms with Crippen molar-refractivity contribution < 1.29 is 14.3 Å². The van der Waals surface area contributed by atoms with E-state index in [1.807, 2.05) is 20.8 Å². The van der Waals surface area contributed by atoms with Crippen molar-refractivity contribution in [3.63, 3.8) is 0 Å². The van der Waals surface area contributed by atoms with E-state index in [4.69, 9.17) is 9.47 Å². The molecule has 0 aliphatic rings. The zero-order chi connectivity index (χ0) is 15.1. The van der Waals surface area contributed by atoms with Crippen LogP contribution in [0.1, 0.15) is 61.3 Å². The van der Waals surface area contributed by atoms with Crippen molar-refractivity contribution in [2.45, 2.75) is 67.4 Å². The van der Waals surface area contributed by atoms with Gasteiger partial charge in [-0.3, -0.25) is 4.79 Å². The highest BCUT2D eigenvalue weighted by Crippen LogP contribution is 2.36. The monoisotopic (exact) mass is 272 g/mol. The van der Waals surface area contributed by atoms with Crippen LogP contribution in [0.4, 0.5) is 0 Å². The average Bonchev–Trinajstić information content (AvgIpc) is 2.23. The molecule has 3 nitrogen and oxygen atoms in total. The highest BCUT2D eigenvalue weighted by molar-refractivity contribution is 5.77. The molecule has 0 fully saturated rings. The van der Waals surface area contributed by atoms with Crippen molar-refractivity contribution in [1.82, 2.24) is 0 Å². The van der Waals surface area contributed by atoms with Gasteiger partial charge in [-0.1, -0.05) is 27.7 Å².